The molecule has 0 N–H and O–H groups in total. The van der Waals surface area contributed by atoms with Gasteiger partial charge in [-0.1, -0.05) is 6.07 Å². The first-order chi connectivity index (χ1) is 13.0. The van der Waals surface area contributed by atoms with Gasteiger partial charge in [-0.05, 0) is 25.1 Å². The number of nitriles is 1. The fourth-order valence-electron chi connectivity index (χ4n) is 3.45. The van der Waals surface area contributed by atoms with Crippen LogP contribution >= 0.6 is 0 Å². The summed E-state index contributed by atoms with van der Waals surface area (Å²) in [5, 5.41) is 9.02. The number of benzene rings is 1. The van der Waals surface area contributed by atoms with Crippen LogP contribution in [0.25, 0.3) is 0 Å². The third kappa shape index (κ3) is 4.03. The molecular weight excluding hydrogens is 348 g/mol. The van der Waals surface area contributed by atoms with Gasteiger partial charge in [0.1, 0.15) is 0 Å². The summed E-state index contributed by atoms with van der Waals surface area (Å²) in [7, 11) is 0. The summed E-state index contributed by atoms with van der Waals surface area (Å²) < 4.78 is 4.98. The van der Waals surface area contributed by atoms with Crippen LogP contribution in [0, 0.1) is 17.2 Å². The van der Waals surface area contributed by atoms with E-state index in [0.717, 1.165) is 0 Å². The highest BCUT2D eigenvalue weighted by Gasteiger charge is 2.38. The second kappa shape index (κ2) is 8.08. The predicted octanol–water partition coefficient (Wildman–Crippen LogP) is 1.21. The van der Waals surface area contributed by atoms with E-state index < -0.39 is 5.92 Å². The van der Waals surface area contributed by atoms with E-state index in [9.17, 15) is 14.4 Å². The lowest BCUT2D eigenvalue weighted by Gasteiger charge is -2.35. The highest BCUT2D eigenvalue weighted by atomic mass is 16.6. The summed E-state index contributed by atoms with van der Waals surface area (Å²) in [6, 6.07) is 8.88. The van der Waals surface area contributed by atoms with Crippen molar-refractivity contribution in [3.05, 3.63) is 29.8 Å². The van der Waals surface area contributed by atoms with E-state index in [2.05, 4.69) is 6.07 Å². The van der Waals surface area contributed by atoms with E-state index in [0.29, 0.717) is 50.6 Å². The van der Waals surface area contributed by atoms with Gasteiger partial charge in [0.05, 0.1) is 24.2 Å². The first kappa shape index (κ1) is 18.7. The quantitative estimate of drug-likeness (QED) is 0.797. The normalized spacial score (nSPS) is 19.8. The van der Waals surface area contributed by atoms with Crippen LogP contribution in [-0.4, -0.2) is 67.0 Å². The summed E-state index contributed by atoms with van der Waals surface area (Å²) >= 11 is 0. The predicted molar refractivity (Wildman–Crippen MR) is 96.8 cm³/mol. The van der Waals surface area contributed by atoms with Crippen molar-refractivity contribution in [3.8, 4) is 6.07 Å². The zero-order valence-corrected chi connectivity index (χ0v) is 15.3. The number of ether oxygens (including phenoxy) is 1. The van der Waals surface area contributed by atoms with Gasteiger partial charge < -0.3 is 19.4 Å². The van der Waals surface area contributed by atoms with Crippen molar-refractivity contribution in [1.29, 1.82) is 5.26 Å². The molecule has 0 bridgehead atoms. The molecule has 142 valence electrons. The molecule has 1 atom stereocenters. The molecule has 2 saturated heterocycles. The Kier molecular flexibility index (Phi) is 5.60. The Balaban J connectivity index is 1.60. The van der Waals surface area contributed by atoms with Crippen LogP contribution in [0.2, 0.25) is 0 Å². The van der Waals surface area contributed by atoms with Crippen molar-refractivity contribution in [2.45, 2.75) is 13.3 Å². The summed E-state index contributed by atoms with van der Waals surface area (Å²) in [6.07, 6.45) is -0.197. The van der Waals surface area contributed by atoms with Gasteiger partial charge in [0, 0.05) is 44.8 Å². The molecule has 1 unspecified atom stereocenters. The number of nitrogens with zero attached hydrogens (tertiary/aromatic N) is 4. The Morgan fingerprint density at radius 2 is 1.93 bits per heavy atom. The Labute approximate surface area is 157 Å². The molecule has 2 aliphatic heterocycles. The van der Waals surface area contributed by atoms with Gasteiger partial charge in [0.2, 0.25) is 11.8 Å². The zero-order valence-electron chi connectivity index (χ0n) is 15.3. The number of amides is 3. The first-order valence-electron chi connectivity index (χ1n) is 9.04. The topological polar surface area (TPSA) is 93.9 Å². The number of hydrogen-bond acceptors (Lipinski definition) is 5. The maximum Gasteiger partial charge on any atom is 0.409 e. The maximum atomic E-state index is 12.8. The second-order valence-corrected chi connectivity index (χ2v) is 6.58. The van der Waals surface area contributed by atoms with Crippen molar-refractivity contribution in [3.63, 3.8) is 0 Å². The second-order valence-electron chi connectivity index (χ2n) is 6.58. The zero-order chi connectivity index (χ0) is 19.4. The molecule has 0 aliphatic carbocycles. The maximum absolute atomic E-state index is 12.8. The van der Waals surface area contributed by atoms with Crippen molar-refractivity contribution in [1.82, 2.24) is 9.80 Å². The van der Waals surface area contributed by atoms with E-state index >= 15 is 0 Å². The summed E-state index contributed by atoms with van der Waals surface area (Å²) in [5.74, 6) is -0.586. The smallest absolute Gasteiger partial charge is 0.409 e. The van der Waals surface area contributed by atoms with Crippen LogP contribution in [-0.2, 0) is 14.3 Å². The molecule has 1 aromatic rings. The highest BCUT2D eigenvalue weighted by Crippen LogP contribution is 2.27. The molecule has 1 aromatic carbocycles. The lowest BCUT2D eigenvalue weighted by Crippen LogP contribution is -2.52. The van der Waals surface area contributed by atoms with Crippen LogP contribution < -0.4 is 4.90 Å². The van der Waals surface area contributed by atoms with Gasteiger partial charge in [0.15, 0.2) is 0 Å². The van der Waals surface area contributed by atoms with E-state index in [1.54, 1.807) is 45.9 Å². The van der Waals surface area contributed by atoms with Crippen LogP contribution in [0.5, 0.6) is 0 Å². The molecular formula is C19H22N4O4. The Morgan fingerprint density at radius 1 is 1.22 bits per heavy atom. The fourth-order valence-corrected chi connectivity index (χ4v) is 3.45. The van der Waals surface area contributed by atoms with Gasteiger partial charge in [0.25, 0.3) is 0 Å². The van der Waals surface area contributed by atoms with Crippen LogP contribution in [0.15, 0.2) is 24.3 Å². The molecule has 3 rings (SSSR count). The van der Waals surface area contributed by atoms with E-state index in [1.165, 1.54) is 0 Å². The molecule has 0 saturated carbocycles. The number of piperazine rings is 1. The minimum absolute atomic E-state index is 0.0641. The molecule has 27 heavy (non-hydrogen) atoms. The lowest BCUT2D eigenvalue weighted by molar-refractivity contribution is -0.137. The molecule has 0 spiro atoms. The van der Waals surface area contributed by atoms with Gasteiger partial charge >= 0.3 is 6.09 Å². The minimum atomic E-state index is -0.405. The molecule has 2 aliphatic rings. The fraction of sp³-hybridized carbons (Fsp3) is 0.474. The molecule has 8 heteroatoms. The van der Waals surface area contributed by atoms with Crippen molar-refractivity contribution in [2.24, 2.45) is 5.92 Å². The number of anilines is 1. The number of carbonyl (C=O) groups is 3. The lowest BCUT2D eigenvalue weighted by atomic mass is 10.1. The number of hydrogen-bond donors (Lipinski definition) is 0. The van der Waals surface area contributed by atoms with E-state index in [4.69, 9.17) is 10.00 Å². The van der Waals surface area contributed by atoms with Crippen molar-refractivity contribution in [2.75, 3.05) is 44.2 Å². The summed E-state index contributed by atoms with van der Waals surface area (Å²) in [4.78, 5) is 41.8. The SMILES string of the molecule is CCOC(=O)N1CCN(C(=O)C2CC(=O)N(c3cccc(C#N)c3)C2)CC1. The van der Waals surface area contributed by atoms with Gasteiger partial charge in [-0.2, -0.15) is 5.26 Å². The van der Waals surface area contributed by atoms with E-state index in [-0.39, 0.29) is 24.3 Å². The first-order valence-corrected chi connectivity index (χ1v) is 9.04. The average Bonchev–Trinajstić information content (AvgIpc) is 3.09. The number of rotatable bonds is 3. The van der Waals surface area contributed by atoms with Crippen LogP contribution in [0.3, 0.4) is 0 Å². The largest absolute Gasteiger partial charge is 0.450 e. The Bertz CT molecular complexity index is 780. The van der Waals surface area contributed by atoms with Gasteiger partial charge in [-0.15, -0.1) is 0 Å². The van der Waals surface area contributed by atoms with Crippen molar-refractivity contribution >= 4 is 23.6 Å². The third-order valence-electron chi connectivity index (χ3n) is 4.88. The average molecular weight is 370 g/mol. The van der Waals surface area contributed by atoms with Crippen LogP contribution in [0.1, 0.15) is 18.9 Å². The van der Waals surface area contributed by atoms with Gasteiger partial charge in [-0.25, -0.2) is 4.79 Å². The Hall–Kier alpha value is -3.08. The molecule has 2 heterocycles. The minimum Gasteiger partial charge on any atom is -0.450 e. The molecule has 0 aromatic heterocycles. The van der Waals surface area contributed by atoms with E-state index in [1.807, 2.05) is 0 Å². The van der Waals surface area contributed by atoms with Crippen molar-refractivity contribution < 1.29 is 19.1 Å². The molecule has 8 nitrogen and oxygen atoms in total. The van der Waals surface area contributed by atoms with Gasteiger partial charge in [-0.3, -0.25) is 9.59 Å². The molecule has 3 amide bonds. The monoisotopic (exact) mass is 370 g/mol. The van der Waals surface area contributed by atoms with Crippen LogP contribution in [0.4, 0.5) is 10.5 Å². The molecule has 2 fully saturated rings. The highest BCUT2D eigenvalue weighted by molar-refractivity contribution is 6.00. The third-order valence-corrected chi connectivity index (χ3v) is 4.88. The molecule has 0 radical (unpaired) electrons. The summed E-state index contributed by atoms with van der Waals surface area (Å²) in [5.41, 5.74) is 1.12. The number of carbonyl (C=O) groups excluding carboxylic acids is 3. The Morgan fingerprint density at radius 3 is 2.59 bits per heavy atom. The standard InChI is InChI=1S/C19H22N4O4/c1-2-27-19(26)22-8-6-21(7-9-22)18(25)15-11-17(24)23(13-15)16-5-3-4-14(10-16)12-20/h3-5,10,15H,2,6-9,11,13H2,1H3. The summed E-state index contributed by atoms with van der Waals surface area (Å²) in [6.45, 7) is 4.12.